The Balaban J connectivity index is 1.54. The first-order valence-corrected chi connectivity index (χ1v) is 13.3. The van der Waals surface area contributed by atoms with E-state index in [2.05, 4.69) is 9.29 Å². The van der Waals surface area contributed by atoms with Crippen LogP contribution < -0.4 is 11.2 Å². The van der Waals surface area contributed by atoms with E-state index in [1.165, 1.54) is 0 Å². The van der Waals surface area contributed by atoms with Crippen LogP contribution in [-0.4, -0.2) is 63.9 Å². The molecule has 0 saturated carbocycles. The van der Waals surface area contributed by atoms with E-state index in [1.54, 1.807) is 30.5 Å². The molecule has 1 aromatic carbocycles. The predicted molar refractivity (Wildman–Crippen MR) is 132 cm³/mol. The minimum atomic E-state index is -2.86. The number of hydrogen-bond donors (Lipinski definition) is 5. The Labute approximate surface area is 216 Å². The molecule has 4 rings (SSSR count). The number of aliphatic hydroxyl groups excluding tert-OH is 2. The molecule has 5 atom stereocenters. The minimum absolute atomic E-state index is 0.171. The third-order valence-corrected chi connectivity index (χ3v) is 7.28. The first-order valence-electron chi connectivity index (χ1n) is 10.7. The van der Waals surface area contributed by atoms with Gasteiger partial charge in [-0.2, -0.15) is 0 Å². The van der Waals surface area contributed by atoms with E-state index in [0.29, 0.717) is 10.7 Å². The van der Waals surface area contributed by atoms with Gasteiger partial charge in [-0.15, -0.1) is 0 Å². The first kappa shape index (κ1) is 27.9. The monoisotopic (exact) mass is 573 g/mol. The summed E-state index contributed by atoms with van der Waals surface area (Å²) in [6.45, 7) is -0.662. The van der Waals surface area contributed by atoms with Crippen molar-refractivity contribution in [1.82, 2.24) is 14.1 Å². The van der Waals surface area contributed by atoms with Crippen molar-refractivity contribution in [1.29, 1.82) is 0 Å². The zero-order valence-corrected chi connectivity index (χ0v) is 21.4. The molecule has 5 N–H and O–H groups in total. The molecule has 13 nitrogen and oxygen atoms in total. The summed E-state index contributed by atoms with van der Waals surface area (Å²) in [6.07, 6.45) is -3.00. The van der Waals surface area contributed by atoms with Crippen molar-refractivity contribution >= 4 is 28.8 Å². The number of aliphatic hydroxyl groups is 2. The maximum absolute atomic E-state index is 13.2. The first-order chi connectivity index (χ1) is 17.6. The van der Waals surface area contributed by atoms with Crippen molar-refractivity contribution in [2.24, 2.45) is 0 Å². The molecular weight excluding hydrogens is 552 g/mol. The highest BCUT2D eigenvalue weighted by Gasteiger charge is 2.44. The average molecular weight is 574 g/mol. The quantitative estimate of drug-likeness (QED) is 0.229. The van der Waals surface area contributed by atoms with Crippen molar-refractivity contribution in [2.75, 3.05) is 6.61 Å². The fourth-order valence-corrected chi connectivity index (χ4v) is 4.83. The molecule has 37 heavy (non-hydrogen) atoms. The number of aromatic nitrogens is 3. The van der Waals surface area contributed by atoms with Crippen LogP contribution in [-0.2, 0) is 20.1 Å². The number of nitrogens with zero attached hydrogens (tertiary/aromatic N) is 3. The van der Waals surface area contributed by atoms with Crippen molar-refractivity contribution in [3.63, 3.8) is 0 Å². The van der Waals surface area contributed by atoms with Gasteiger partial charge >= 0.3 is 22.9 Å². The van der Waals surface area contributed by atoms with Crippen molar-refractivity contribution in [3.8, 4) is 11.1 Å². The van der Waals surface area contributed by atoms with Gasteiger partial charge in [0.2, 0.25) is 0 Å². The third-order valence-electron chi connectivity index (χ3n) is 5.51. The Hall–Kier alpha value is -2.12. The lowest BCUT2D eigenvalue weighted by atomic mass is 10.1. The van der Waals surface area contributed by atoms with Gasteiger partial charge in [-0.3, -0.25) is 18.9 Å². The van der Waals surface area contributed by atoms with Crippen LogP contribution in [0.5, 0.6) is 0 Å². The molecule has 1 saturated heterocycles. The summed E-state index contributed by atoms with van der Waals surface area (Å²) in [5.74, 6) is 0. The van der Waals surface area contributed by atoms with Crippen LogP contribution in [0, 0.1) is 0 Å². The summed E-state index contributed by atoms with van der Waals surface area (Å²) < 4.78 is 16.6. The van der Waals surface area contributed by atoms with E-state index in [4.69, 9.17) is 30.6 Å². The molecule has 16 heteroatoms. The average Bonchev–Trinajstić information content (AvgIpc) is 3.14. The molecule has 0 spiro atoms. The van der Waals surface area contributed by atoms with Gasteiger partial charge in [0.1, 0.15) is 18.3 Å². The summed E-state index contributed by atoms with van der Waals surface area (Å²) in [7, 11) is -5.54. The Morgan fingerprint density at radius 1 is 1.03 bits per heavy atom. The van der Waals surface area contributed by atoms with E-state index < -0.39 is 59.6 Å². The molecule has 0 bridgehead atoms. The van der Waals surface area contributed by atoms with Crippen molar-refractivity contribution in [2.45, 2.75) is 31.1 Å². The molecule has 5 unspecified atom stereocenters. The molecule has 1 fully saturated rings. The van der Waals surface area contributed by atoms with E-state index in [1.807, 2.05) is 12.1 Å². The molecule has 198 valence electrons. The van der Waals surface area contributed by atoms with E-state index in [9.17, 15) is 24.7 Å². The van der Waals surface area contributed by atoms with Gasteiger partial charge in [0.05, 0.1) is 18.8 Å². The molecule has 0 radical (unpaired) electrons. The maximum atomic E-state index is 13.2. The number of ether oxygens (including phenoxy) is 1. The largest absolute Gasteiger partial charge is 0.387 e. The normalized spacial score (nSPS) is 22.5. The predicted octanol–water partition coefficient (Wildman–Crippen LogP) is 0.857. The van der Waals surface area contributed by atoms with Gasteiger partial charge in [-0.25, -0.2) is 9.11 Å². The second-order valence-corrected chi connectivity index (χ2v) is 10.2. The topological polar surface area (TPSA) is 186 Å². The molecule has 0 aliphatic carbocycles. The fourth-order valence-electron chi connectivity index (χ4n) is 3.74. The zero-order chi connectivity index (χ0) is 26.7. The van der Waals surface area contributed by atoms with Crippen LogP contribution in [0.4, 0.5) is 0 Å². The summed E-state index contributed by atoms with van der Waals surface area (Å²) in [6, 6.07) is 11.7. The number of hydrogen-bond acceptors (Lipinski definition) is 11. The van der Waals surface area contributed by atoms with Crippen LogP contribution in [0.1, 0.15) is 11.9 Å². The standard InChI is InChI=1S/C21H22ClN3O10P2/c22-14-3-1-12(2-4-14)13-5-7-23-15(9-13)10-25-17(26)6-8-24(21(25)29)20-19(28)18(27)16(34-20)11-33-37(32)35-36(30)31/h1-9,16,18-20,27-28,30-32H,10-11H2. The van der Waals surface area contributed by atoms with Crippen LogP contribution in [0.25, 0.3) is 11.1 Å². The molecule has 3 aromatic rings. The Kier molecular flexibility index (Phi) is 9.17. The highest BCUT2D eigenvalue weighted by Crippen LogP contribution is 2.46. The lowest BCUT2D eigenvalue weighted by molar-refractivity contribution is -0.0530. The molecule has 0 amide bonds. The molecule has 1 aliphatic rings. The molecular formula is C21H22ClN3O10P2. The second kappa shape index (κ2) is 12.2. The SMILES string of the molecule is O=c1ccn(C2OC(COP(O)OP(O)O)C(O)C2O)c(=O)n1Cc1cc(-c2ccc(Cl)cc2)ccn1. The van der Waals surface area contributed by atoms with Gasteiger partial charge in [-0.05, 0) is 35.4 Å². The van der Waals surface area contributed by atoms with Gasteiger partial charge in [-0.1, -0.05) is 23.7 Å². The smallest absolute Gasteiger partial charge is 0.337 e. The highest BCUT2D eigenvalue weighted by atomic mass is 35.5. The van der Waals surface area contributed by atoms with Crippen molar-refractivity contribution in [3.05, 3.63) is 86.4 Å². The lowest BCUT2D eigenvalue weighted by Gasteiger charge is -2.19. The van der Waals surface area contributed by atoms with Crippen molar-refractivity contribution < 1.29 is 38.5 Å². The number of pyridine rings is 1. The summed E-state index contributed by atoms with van der Waals surface area (Å²) in [5, 5.41) is 21.4. The van der Waals surface area contributed by atoms with Gasteiger partial charge in [0, 0.05) is 23.5 Å². The van der Waals surface area contributed by atoms with Crippen LogP contribution in [0.2, 0.25) is 5.02 Å². The molecule has 2 aromatic heterocycles. The van der Waals surface area contributed by atoms with Crippen LogP contribution >= 0.6 is 28.8 Å². The van der Waals surface area contributed by atoms with E-state index in [-0.39, 0.29) is 6.54 Å². The minimum Gasteiger partial charge on any atom is -0.387 e. The molecule has 1 aliphatic heterocycles. The maximum Gasteiger partial charge on any atom is 0.337 e. The van der Waals surface area contributed by atoms with Crippen LogP contribution in [0.15, 0.2) is 64.4 Å². The summed E-state index contributed by atoms with van der Waals surface area (Å²) >= 11 is 5.95. The van der Waals surface area contributed by atoms with Crippen LogP contribution in [0.3, 0.4) is 0 Å². The Morgan fingerprint density at radius 2 is 1.76 bits per heavy atom. The second-order valence-electron chi connectivity index (χ2n) is 7.89. The summed E-state index contributed by atoms with van der Waals surface area (Å²) in [4.78, 5) is 56.9. The highest BCUT2D eigenvalue weighted by molar-refractivity contribution is 7.54. The van der Waals surface area contributed by atoms with E-state index in [0.717, 1.165) is 32.5 Å². The number of halogens is 1. The zero-order valence-electron chi connectivity index (χ0n) is 18.8. The lowest BCUT2D eigenvalue weighted by Crippen LogP contribution is -2.43. The Morgan fingerprint density at radius 3 is 2.46 bits per heavy atom. The summed E-state index contributed by atoms with van der Waals surface area (Å²) in [5.41, 5.74) is 0.660. The third kappa shape index (κ3) is 6.66. The Bertz CT molecular complexity index is 1340. The molecule has 3 heterocycles. The number of rotatable bonds is 9. The van der Waals surface area contributed by atoms with E-state index >= 15 is 0 Å². The van der Waals surface area contributed by atoms with Gasteiger partial charge < -0.3 is 34.2 Å². The van der Waals surface area contributed by atoms with Gasteiger partial charge in [0.25, 0.3) is 5.56 Å². The van der Waals surface area contributed by atoms with Gasteiger partial charge in [0.15, 0.2) is 6.23 Å². The number of benzene rings is 1. The fraction of sp³-hybridized carbons (Fsp3) is 0.286.